The molecular weight excluding hydrogens is 292 g/mol. The maximum Gasteiger partial charge on any atom is 0.244 e. The molecule has 0 bridgehead atoms. The standard InChI is InChI=1S/C10H11BrN2O2S/c1-8(7-12)13(2)16(14,15)10-5-3-4-9(11)6-10/h3-6,8H,1-2H3. The lowest BCUT2D eigenvalue weighted by Crippen LogP contribution is -2.34. The van der Waals surface area contributed by atoms with Crippen LogP contribution in [0.3, 0.4) is 0 Å². The number of benzene rings is 1. The summed E-state index contributed by atoms with van der Waals surface area (Å²) in [5.74, 6) is 0. The van der Waals surface area contributed by atoms with E-state index in [1.54, 1.807) is 12.1 Å². The van der Waals surface area contributed by atoms with E-state index >= 15 is 0 Å². The highest BCUT2D eigenvalue weighted by Crippen LogP contribution is 2.20. The predicted octanol–water partition coefficient (Wildman–Crippen LogP) is 1.98. The number of hydrogen-bond acceptors (Lipinski definition) is 3. The van der Waals surface area contributed by atoms with Crippen molar-refractivity contribution in [2.75, 3.05) is 7.05 Å². The molecule has 1 aromatic carbocycles. The monoisotopic (exact) mass is 302 g/mol. The predicted molar refractivity (Wildman–Crippen MR) is 64.2 cm³/mol. The highest BCUT2D eigenvalue weighted by atomic mass is 79.9. The highest BCUT2D eigenvalue weighted by Gasteiger charge is 2.25. The number of halogens is 1. The van der Waals surface area contributed by atoms with Gasteiger partial charge in [0.05, 0.1) is 11.0 Å². The largest absolute Gasteiger partial charge is 0.244 e. The maximum absolute atomic E-state index is 12.0. The van der Waals surface area contributed by atoms with Crippen molar-refractivity contribution in [2.45, 2.75) is 17.9 Å². The summed E-state index contributed by atoms with van der Waals surface area (Å²) in [5.41, 5.74) is 0. The molecule has 0 radical (unpaired) electrons. The van der Waals surface area contributed by atoms with Crippen molar-refractivity contribution in [1.29, 1.82) is 5.26 Å². The number of nitriles is 1. The lowest BCUT2D eigenvalue weighted by atomic mass is 10.4. The van der Waals surface area contributed by atoms with E-state index in [2.05, 4.69) is 15.9 Å². The Bertz CT molecular complexity index is 522. The van der Waals surface area contributed by atoms with Crippen LogP contribution in [0.25, 0.3) is 0 Å². The first-order chi connectivity index (χ1) is 7.39. The number of hydrogen-bond donors (Lipinski definition) is 0. The molecule has 0 aromatic heterocycles. The average Bonchev–Trinajstić information content (AvgIpc) is 2.27. The minimum atomic E-state index is -3.59. The Hall–Kier alpha value is -0.900. The molecule has 6 heteroatoms. The van der Waals surface area contributed by atoms with Crippen molar-refractivity contribution in [3.63, 3.8) is 0 Å². The summed E-state index contributed by atoms with van der Waals surface area (Å²) in [6.07, 6.45) is 0. The summed E-state index contributed by atoms with van der Waals surface area (Å²) in [5, 5.41) is 8.70. The Morgan fingerprint density at radius 3 is 2.62 bits per heavy atom. The summed E-state index contributed by atoms with van der Waals surface area (Å²) in [6, 6.07) is 7.59. The van der Waals surface area contributed by atoms with E-state index < -0.39 is 16.1 Å². The van der Waals surface area contributed by atoms with Gasteiger partial charge in [0.1, 0.15) is 6.04 Å². The minimum Gasteiger partial charge on any atom is -0.207 e. The van der Waals surface area contributed by atoms with Crippen molar-refractivity contribution in [1.82, 2.24) is 4.31 Å². The van der Waals surface area contributed by atoms with Gasteiger partial charge in [-0.1, -0.05) is 22.0 Å². The number of nitrogens with zero attached hydrogens (tertiary/aromatic N) is 2. The zero-order chi connectivity index (χ0) is 12.3. The normalized spacial score (nSPS) is 13.4. The van der Waals surface area contributed by atoms with Crippen LogP contribution in [0.5, 0.6) is 0 Å². The minimum absolute atomic E-state index is 0.173. The van der Waals surface area contributed by atoms with Gasteiger partial charge in [0.15, 0.2) is 0 Å². The Morgan fingerprint density at radius 2 is 2.12 bits per heavy atom. The lowest BCUT2D eigenvalue weighted by molar-refractivity contribution is 0.442. The van der Waals surface area contributed by atoms with Gasteiger partial charge in [-0.25, -0.2) is 8.42 Å². The Morgan fingerprint density at radius 1 is 1.50 bits per heavy atom. The topological polar surface area (TPSA) is 61.2 Å². The Labute approximate surface area is 104 Å². The Balaban J connectivity index is 3.18. The van der Waals surface area contributed by atoms with Crippen molar-refractivity contribution in [2.24, 2.45) is 0 Å². The van der Waals surface area contributed by atoms with Crippen molar-refractivity contribution in [3.8, 4) is 6.07 Å². The zero-order valence-corrected chi connectivity index (χ0v) is 11.3. The molecule has 16 heavy (non-hydrogen) atoms. The van der Waals surface area contributed by atoms with Gasteiger partial charge in [0.2, 0.25) is 10.0 Å². The van der Waals surface area contributed by atoms with E-state index in [4.69, 9.17) is 5.26 Å². The van der Waals surface area contributed by atoms with Crippen LogP contribution < -0.4 is 0 Å². The molecule has 0 spiro atoms. The van der Waals surface area contributed by atoms with Crippen LogP contribution in [-0.4, -0.2) is 25.8 Å². The number of rotatable bonds is 3. The van der Waals surface area contributed by atoms with Gasteiger partial charge in [0, 0.05) is 11.5 Å². The zero-order valence-electron chi connectivity index (χ0n) is 8.88. The van der Waals surface area contributed by atoms with Gasteiger partial charge in [-0.2, -0.15) is 9.57 Å². The summed E-state index contributed by atoms with van der Waals surface area (Å²) in [7, 11) is -2.20. The van der Waals surface area contributed by atoms with Crippen molar-refractivity contribution in [3.05, 3.63) is 28.7 Å². The fraction of sp³-hybridized carbons (Fsp3) is 0.300. The third-order valence-electron chi connectivity index (χ3n) is 2.21. The molecule has 0 saturated heterocycles. The molecule has 0 N–H and O–H groups in total. The highest BCUT2D eigenvalue weighted by molar-refractivity contribution is 9.10. The molecular formula is C10H11BrN2O2S. The molecule has 4 nitrogen and oxygen atoms in total. The average molecular weight is 303 g/mol. The van der Waals surface area contributed by atoms with E-state index in [0.717, 1.165) is 4.31 Å². The third kappa shape index (κ3) is 2.61. The van der Waals surface area contributed by atoms with Crippen molar-refractivity contribution < 1.29 is 8.42 Å². The molecule has 1 unspecified atom stereocenters. The molecule has 1 atom stereocenters. The molecule has 0 amide bonds. The lowest BCUT2D eigenvalue weighted by Gasteiger charge is -2.19. The first-order valence-corrected chi connectivity index (χ1v) is 6.76. The van der Waals surface area contributed by atoms with Gasteiger partial charge in [-0.15, -0.1) is 0 Å². The molecule has 0 aliphatic carbocycles. The third-order valence-corrected chi connectivity index (χ3v) is 4.62. The molecule has 86 valence electrons. The summed E-state index contributed by atoms with van der Waals surface area (Å²) in [6.45, 7) is 1.54. The summed E-state index contributed by atoms with van der Waals surface area (Å²) < 4.78 is 25.8. The van der Waals surface area contributed by atoms with E-state index in [1.807, 2.05) is 6.07 Å². The summed E-state index contributed by atoms with van der Waals surface area (Å²) in [4.78, 5) is 0.173. The number of sulfonamides is 1. The van der Waals surface area contributed by atoms with Crippen LogP contribution >= 0.6 is 15.9 Å². The van der Waals surface area contributed by atoms with E-state index in [-0.39, 0.29) is 4.90 Å². The van der Waals surface area contributed by atoms with Gasteiger partial charge in [0.25, 0.3) is 0 Å². The molecule has 1 aromatic rings. The van der Waals surface area contributed by atoms with E-state index in [1.165, 1.54) is 26.1 Å². The van der Waals surface area contributed by atoms with Crippen LogP contribution in [0, 0.1) is 11.3 Å². The SMILES string of the molecule is CC(C#N)N(C)S(=O)(=O)c1cccc(Br)c1. The van der Waals surface area contributed by atoms with Gasteiger partial charge < -0.3 is 0 Å². The van der Waals surface area contributed by atoms with Crippen LogP contribution in [-0.2, 0) is 10.0 Å². The van der Waals surface area contributed by atoms with Gasteiger partial charge >= 0.3 is 0 Å². The maximum atomic E-state index is 12.0. The van der Waals surface area contributed by atoms with Crippen LogP contribution in [0.2, 0.25) is 0 Å². The molecule has 1 rings (SSSR count). The first kappa shape index (κ1) is 13.2. The molecule has 0 fully saturated rings. The van der Waals surface area contributed by atoms with Crippen LogP contribution in [0.4, 0.5) is 0 Å². The summed E-state index contributed by atoms with van der Waals surface area (Å²) >= 11 is 3.21. The van der Waals surface area contributed by atoms with E-state index in [9.17, 15) is 8.42 Å². The second-order valence-corrected chi connectivity index (χ2v) is 6.20. The van der Waals surface area contributed by atoms with Crippen LogP contribution in [0.1, 0.15) is 6.92 Å². The molecule has 0 saturated carbocycles. The van der Waals surface area contributed by atoms with Crippen molar-refractivity contribution >= 4 is 26.0 Å². The second-order valence-electron chi connectivity index (χ2n) is 3.28. The second kappa shape index (κ2) is 4.95. The molecule has 0 heterocycles. The fourth-order valence-electron chi connectivity index (χ4n) is 1.08. The Kier molecular flexibility index (Phi) is 4.08. The van der Waals surface area contributed by atoms with Gasteiger partial charge in [-0.05, 0) is 25.1 Å². The smallest absolute Gasteiger partial charge is 0.207 e. The first-order valence-electron chi connectivity index (χ1n) is 4.53. The molecule has 0 aliphatic heterocycles. The molecule has 0 aliphatic rings. The van der Waals surface area contributed by atoms with Crippen LogP contribution in [0.15, 0.2) is 33.6 Å². The van der Waals surface area contributed by atoms with Gasteiger partial charge in [-0.3, -0.25) is 0 Å². The quantitative estimate of drug-likeness (QED) is 0.858. The fourth-order valence-corrected chi connectivity index (χ4v) is 2.96. The van der Waals surface area contributed by atoms with E-state index in [0.29, 0.717) is 4.47 Å².